The Bertz CT molecular complexity index is 677. The topological polar surface area (TPSA) is 88.1 Å². The first-order chi connectivity index (χ1) is 11.4. The molecule has 1 heterocycles. The summed E-state index contributed by atoms with van der Waals surface area (Å²) in [5.74, 6) is -1.08. The molecule has 0 spiro atoms. The minimum absolute atomic E-state index is 0.0817. The number of rotatable bonds is 4. The molecule has 128 valence electrons. The van der Waals surface area contributed by atoms with Crippen molar-refractivity contribution < 1.29 is 19.1 Å². The van der Waals surface area contributed by atoms with Gasteiger partial charge in [0, 0.05) is 13.8 Å². The Labute approximate surface area is 144 Å². The SMILES string of the molecule is CCOC(=O)CC1(c2ccccc2)SC(NC(C)=O)=NN1C(C)=O. The van der Waals surface area contributed by atoms with Gasteiger partial charge in [0.25, 0.3) is 0 Å². The molecule has 0 saturated heterocycles. The molecule has 0 aliphatic carbocycles. The van der Waals surface area contributed by atoms with Gasteiger partial charge in [-0.05, 0) is 12.5 Å². The van der Waals surface area contributed by atoms with Gasteiger partial charge in [-0.25, -0.2) is 5.01 Å². The number of hydrogen-bond acceptors (Lipinski definition) is 6. The summed E-state index contributed by atoms with van der Waals surface area (Å²) < 4.78 is 5.07. The molecule has 2 rings (SSSR count). The van der Waals surface area contributed by atoms with E-state index in [0.717, 1.165) is 17.3 Å². The third-order valence-corrected chi connectivity index (χ3v) is 4.56. The maximum atomic E-state index is 12.2. The van der Waals surface area contributed by atoms with Gasteiger partial charge >= 0.3 is 5.97 Å². The molecule has 1 aliphatic rings. The molecule has 0 saturated carbocycles. The predicted octanol–water partition coefficient (Wildman–Crippen LogP) is 1.80. The van der Waals surface area contributed by atoms with Gasteiger partial charge in [0.05, 0.1) is 13.0 Å². The summed E-state index contributed by atoms with van der Waals surface area (Å²) in [5.41, 5.74) is 0.724. The molecule has 0 radical (unpaired) electrons. The molecule has 24 heavy (non-hydrogen) atoms. The van der Waals surface area contributed by atoms with Crippen LogP contribution in [0.15, 0.2) is 35.4 Å². The van der Waals surface area contributed by atoms with E-state index in [9.17, 15) is 14.4 Å². The highest BCUT2D eigenvalue weighted by Gasteiger charge is 2.49. The summed E-state index contributed by atoms with van der Waals surface area (Å²) in [6, 6.07) is 9.10. The summed E-state index contributed by atoms with van der Waals surface area (Å²) in [6.07, 6.45) is -0.0817. The molecule has 8 heteroatoms. The second kappa shape index (κ2) is 7.48. The Balaban J connectivity index is 2.47. The lowest BCUT2D eigenvalue weighted by Crippen LogP contribution is -2.42. The fraction of sp³-hybridized carbons (Fsp3) is 0.375. The Morgan fingerprint density at radius 1 is 1.25 bits per heavy atom. The van der Waals surface area contributed by atoms with E-state index in [1.165, 1.54) is 18.9 Å². The smallest absolute Gasteiger partial charge is 0.309 e. The maximum Gasteiger partial charge on any atom is 0.309 e. The molecule has 7 nitrogen and oxygen atoms in total. The monoisotopic (exact) mass is 349 g/mol. The summed E-state index contributed by atoms with van der Waals surface area (Å²) in [7, 11) is 0. The van der Waals surface area contributed by atoms with Crippen molar-refractivity contribution in [3.63, 3.8) is 0 Å². The van der Waals surface area contributed by atoms with Crippen LogP contribution in [0.2, 0.25) is 0 Å². The normalized spacial score (nSPS) is 19.6. The van der Waals surface area contributed by atoms with Crippen LogP contribution in [-0.2, 0) is 24.0 Å². The highest BCUT2D eigenvalue weighted by atomic mass is 32.2. The molecule has 1 aromatic rings. The van der Waals surface area contributed by atoms with Gasteiger partial charge in [-0.1, -0.05) is 42.1 Å². The first kappa shape index (κ1) is 18.0. The molecule has 1 aromatic carbocycles. The first-order valence-corrected chi connectivity index (χ1v) is 8.28. The van der Waals surface area contributed by atoms with E-state index < -0.39 is 10.8 Å². The zero-order valence-electron chi connectivity index (χ0n) is 13.7. The third kappa shape index (κ3) is 3.76. The van der Waals surface area contributed by atoms with E-state index in [0.29, 0.717) is 0 Å². The van der Waals surface area contributed by atoms with E-state index in [1.807, 2.05) is 30.3 Å². The molecule has 1 unspecified atom stereocenters. The van der Waals surface area contributed by atoms with Gasteiger partial charge in [-0.2, -0.15) is 0 Å². The lowest BCUT2D eigenvalue weighted by atomic mass is 10.0. The van der Waals surface area contributed by atoms with Crippen molar-refractivity contribution in [3.05, 3.63) is 35.9 Å². The van der Waals surface area contributed by atoms with Crippen LogP contribution in [0.4, 0.5) is 0 Å². The Morgan fingerprint density at radius 3 is 2.46 bits per heavy atom. The van der Waals surface area contributed by atoms with E-state index >= 15 is 0 Å². The number of thioether (sulfide) groups is 1. The van der Waals surface area contributed by atoms with Crippen molar-refractivity contribution in [1.29, 1.82) is 0 Å². The van der Waals surface area contributed by atoms with Crippen LogP contribution in [0, 0.1) is 0 Å². The van der Waals surface area contributed by atoms with Crippen LogP contribution in [0.1, 0.15) is 32.8 Å². The number of nitrogens with one attached hydrogen (secondary N) is 1. The van der Waals surface area contributed by atoms with Crippen LogP contribution < -0.4 is 5.32 Å². The zero-order valence-corrected chi connectivity index (χ0v) is 14.6. The highest BCUT2D eigenvalue weighted by Crippen LogP contribution is 2.48. The number of ether oxygens (including phenoxy) is 1. The minimum atomic E-state index is -1.09. The van der Waals surface area contributed by atoms with Crippen molar-refractivity contribution in [1.82, 2.24) is 10.3 Å². The van der Waals surface area contributed by atoms with Crippen molar-refractivity contribution in [2.45, 2.75) is 32.1 Å². The molecule has 0 fully saturated rings. The summed E-state index contributed by atoms with van der Waals surface area (Å²) in [6.45, 7) is 4.68. The van der Waals surface area contributed by atoms with E-state index in [-0.39, 0.29) is 30.0 Å². The summed E-state index contributed by atoms with van der Waals surface area (Å²) in [5, 5.41) is 8.28. The second-order valence-electron chi connectivity index (χ2n) is 5.15. The average molecular weight is 349 g/mol. The van der Waals surface area contributed by atoms with Gasteiger partial charge in [0.1, 0.15) is 0 Å². The van der Waals surface area contributed by atoms with E-state index in [2.05, 4.69) is 10.4 Å². The quantitative estimate of drug-likeness (QED) is 0.838. The number of amidine groups is 1. The van der Waals surface area contributed by atoms with Crippen LogP contribution >= 0.6 is 11.8 Å². The number of amides is 2. The first-order valence-electron chi connectivity index (χ1n) is 7.46. The Kier molecular flexibility index (Phi) is 5.61. The number of carbonyl (C=O) groups is 3. The third-order valence-electron chi connectivity index (χ3n) is 3.29. The van der Waals surface area contributed by atoms with Gasteiger partial charge in [0.15, 0.2) is 10.0 Å². The predicted molar refractivity (Wildman–Crippen MR) is 90.7 cm³/mol. The fourth-order valence-electron chi connectivity index (χ4n) is 2.42. The standard InChI is InChI=1S/C16H19N3O4S/c1-4-23-14(22)10-16(13-8-6-5-7-9-13)19(12(3)21)18-15(24-16)17-11(2)20/h5-9H,4,10H2,1-3H3,(H,17,18,20). The van der Waals surface area contributed by atoms with E-state index in [4.69, 9.17) is 4.74 Å². The molecule has 0 aromatic heterocycles. The molecule has 2 amide bonds. The number of esters is 1. The second-order valence-corrected chi connectivity index (χ2v) is 6.42. The minimum Gasteiger partial charge on any atom is -0.466 e. The van der Waals surface area contributed by atoms with Gasteiger partial charge < -0.3 is 10.1 Å². The van der Waals surface area contributed by atoms with Gasteiger partial charge in [-0.15, -0.1) is 5.10 Å². The van der Waals surface area contributed by atoms with Crippen molar-refractivity contribution in [2.24, 2.45) is 5.10 Å². The zero-order chi connectivity index (χ0) is 17.7. The number of hydrazone groups is 1. The van der Waals surface area contributed by atoms with Crippen LogP contribution in [0.5, 0.6) is 0 Å². The molecule has 1 aliphatic heterocycles. The Hall–Kier alpha value is -2.35. The van der Waals surface area contributed by atoms with Gasteiger partial charge in [0.2, 0.25) is 11.8 Å². The molecule has 0 bridgehead atoms. The van der Waals surface area contributed by atoms with Crippen LogP contribution in [0.25, 0.3) is 0 Å². The number of nitrogens with zero attached hydrogens (tertiary/aromatic N) is 2. The lowest BCUT2D eigenvalue weighted by molar-refractivity contribution is -0.146. The summed E-state index contributed by atoms with van der Waals surface area (Å²) in [4.78, 5) is 34.6. The van der Waals surface area contributed by atoms with Crippen molar-refractivity contribution in [2.75, 3.05) is 6.61 Å². The number of carbonyl (C=O) groups excluding carboxylic acids is 3. The number of benzene rings is 1. The average Bonchev–Trinajstić information content (AvgIpc) is 2.87. The van der Waals surface area contributed by atoms with Crippen LogP contribution in [0.3, 0.4) is 0 Å². The van der Waals surface area contributed by atoms with E-state index in [1.54, 1.807) is 6.92 Å². The maximum absolute atomic E-state index is 12.2. The van der Waals surface area contributed by atoms with Crippen molar-refractivity contribution in [3.8, 4) is 0 Å². The van der Waals surface area contributed by atoms with Gasteiger partial charge in [-0.3, -0.25) is 14.4 Å². The molecule has 1 N–H and O–H groups in total. The summed E-state index contributed by atoms with van der Waals surface area (Å²) >= 11 is 1.15. The Morgan fingerprint density at radius 2 is 1.92 bits per heavy atom. The molecular formula is C16H19N3O4S. The largest absolute Gasteiger partial charge is 0.466 e. The van der Waals surface area contributed by atoms with Crippen molar-refractivity contribution >= 4 is 34.7 Å². The molecular weight excluding hydrogens is 330 g/mol. The fourth-order valence-corrected chi connectivity index (χ4v) is 3.76. The highest BCUT2D eigenvalue weighted by molar-refractivity contribution is 8.14. The lowest BCUT2D eigenvalue weighted by Gasteiger charge is -2.34. The van der Waals surface area contributed by atoms with Crippen LogP contribution in [-0.4, -0.2) is 34.6 Å². The molecule has 1 atom stereocenters. The number of hydrogen-bond donors (Lipinski definition) is 1.